The van der Waals surface area contributed by atoms with Crippen molar-refractivity contribution in [2.45, 2.75) is 13.0 Å². The van der Waals surface area contributed by atoms with Gasteiger partial charge in [-0.3, -0.25) is 4.90 Å². The number of hydrogen-bond acceptors (Lipinski definition) is 4. The van der Waals surface area contributed by atoms with Crippen molar-refractivity contribution in [2.24, 2.45) is 0 Å². The van der Waals surface area contributed by atoms with Gasteiger partial charge in [-0.1, -0.05) is 36.4 Å². The van der Waals surface area contributed by atoms with Crippen molar-refractivity contribution in [1.82, 2.24) is 0 Å². The van der Waals surface area contributed by atoms with Gasteiger partial charge < -0.3 is 13.9 Å². The van der Waals surface area contributed by atoms with Gasteiger partial charge in [-0.2, -0.15) is 0 Å². The van der Waals surface area contributed by atoms with Crippen LogP contribution in [-0.2, 0) is 13.0 Å². The minimum Gasteiger partial charge on any atom is -0.496 e. The first-order valence-corrected chi connectivity index (χ1v) is 9.80. The highest BCUT2D eigenvalue weighted by Gasteiger charge is 2.25. The van der Waals surface area contributed by atoms with Crippen LogP contribution < -0.4 is 20.0 Å². The van der Waals surface area contributed by atoms with Crippen LogP contribution in [0.3, 0.4) is 0 Å². The molecule has 1 atom stereocenters. The highest BCUT2D eigenvalue weighted by molar-refractivity contribution is 6.05. The Morgan fingerprint density at radius 1 is 0.966 bits per heavy atom. The first kappa shape index (κ1) is 17.8. The molecule has 0 saturated carbocycles. The summed E-state index contributed by atoms with van der Waals surface area (Å²) in [6.45, 7) is 2.24. The Morgan fingerprint density at radius 3 is 2.62 bits per heavy atom. The molecule has 1 unspecified atom stereocenters. The largest absolute Gasteiger partial charge is 0.496 e. The molecule has 1 aliphatic heterocycles. The highest BCUT2D eigenvalue weighted by atomic mass is 16.5. The van der Waals surface area contributed by atoms with Crippen molar-refractivity contribution >= 4 is 21.7 Å². The normalized spacial score (nSPS) is 15.8. The van der Waals surface area contributed by atoms with Crippen LogP contribution >= 0.6 is 0 Å². The summed E-state index contributed by atoms with van der Waals surface area (Å²) in [6, 6.07) is 19.6. The topological polar surface area (TPSA) is 53.1 Å². The van der Waals surface area contributed by atoms with Gasteiger partial charge >= 0.3 is 5.63 Å². The van der Waals surface area contributed by atoms with Crippen LogP contribution in [0.25, 0.3) is 21.7 Å². The number of methoxy groups -OCH3 is 1. The molecular formula is C24H22NO4+. The molecule has 5 nitrogen and oxygen atoms in total. The number of benzene rings is 3. The highest BCUT2D eigenvalue weighted by Crippen LogP contribution is 2.32. The van der Waals surface area contributed by atoms with Gasteiger partial charge in [0.2, 0.25) is 6.73 Å². The van der Waals surface area contributed by atoms with Crippen molar-refractivity contribution in [3.63, 3.8) is 0 Å². The van der Waals surface area contributed by atoms with Crippen LogP contribution in [0, 0.1) is 0 Å². The smallest absolute Gasteiger partial charge is 0.344 e. The van der Waals surface area contributed by atoms with Crippen LogP contribution in [0.4, 0.5) is 0 Å². The zero-order valence-corrected chi connectivity index (χ0v) is 16.2. The number of rotatable bonds is 4. The molecule has 1 aromatic heterocycles. The molecule has 5 rings (SSSR count). The van der Waals surface area contributed by atoms with Crippen molar-refractivity contribution in [2.75, 3.05) is 20.4 Å². The van der Waals surface area contributed by atoms with E-state index in [4.69, 9.17) is 13.9 Å². The predicted octanol–water partition coefficient (Wildman–Crippen LogP) is 2.93. The monoisotopic (exact) mass is 388 g/mol. The van der Waals surface area contributed by atoms with Crippen molar-refractivity contribution in [3.8, 4) is 11.5 Å². The fraction of sp³-hybridized carbons (Fsp3) is 0.208. The van der Waals surface area contributed by atoms with Gasteiger partial charge in [-0.05, 0) is 35.2 Å². The molecule has 1 aliphatic rings. The molecule has 29 heavy (non-hydrogen) atoms. The zero-order valence-electron chi connectivity index (χ0n) is 16.2. The zero-order chi connectivity index (χ0) is 19.8. The number of nitrogens with one attached hydrogen (secondary N) is 1. The average molecular weight is 388 g/mol. The molecule has 3 aromatic carbocycles. The number of hydrogen-bond donors (Lipinski definition) is 1. The summed E-state index contributed by atoms with van der Waals surface area (Å²) < 4.78 is 17.2. The van der Waals surface area contributed by atoms with Crippen molar-refractivity contribution in [1.29, 1.82) is 0 Å². The van der Waals surface area contributed by atoms with Crippen LogP contribution in [-0.4, -0.2) is 20.4 Å². The van der Waals surface area contributed by atoms with E-state index in [2.05, 4.69) is 6.07 Å². The quantitative estimate of drug-likeness (QED) is 0.431. The summed E-state index contributed by atoms with van der Waals surface area (Å²) in [5.41, 5.74) is 2.48. The van der Waals surface area contributed by atoms with E-state index in [1.54, 1.807) is 13.2 Å². The van der Waals surface area contributed by atoms with Gasteiger partial charge in [0.25, 0.3) is 0 Å². The molecule has 0 spiro atoms. The Labute approximate surface area is 168 Å². The van der Waals surface area contributed by atoms with E-state index in [9.17, 15) is 4.79 Å². The molecular weight excluding hydrogens is 366 g/mol. The SMILES string of the molecule is COc1ccccc1CC[NH+]1COc2ccc3c(oc(=O)c4ccccc43)c2C1. The van der Waals surface area contributed by atoms with E-state index in [-0.39, 0.29) is 5.63 Å². The molecule has 0 saturated heterocycles. The third-order valence-electron chi connectivity index (χ3n) is 5.65. The maximum atomic E-state index is 12.5. The fourth-order valence-corrected chi connectivity index (χ4v) is 4.15. The van der Waals surface area contributed by atoms with Gasteiger partial charge in [0.1, 0.15) is 18.0 Å². The van der Waals surface area contributed by atoms with Crippen LogP contribution in [0.15, 0.2) is 69.9 Å². The summed E-state index contributed by atoms with van der Waals surface area (Å²) in [5.74, 6) is 1.71. The second-order valence-electron chi connectivity index (χ2n) is 7.38. The van der Waals surface area contributed by atoms with Gasteiger partial charge in [-0.15, -0.1) is 0 Å². The molecule has 5 heteroatoms. The molecule has 0 amide bonds. The van der Waals surface area contributed by atoms with Gasteiger partial charge in [0.15, 0.2) is 5.58 Å². The molecule has 4 aromatic rings. The molecule has 1 N–H and O–H groups in total. The predicted molar refractivity (Wildman–Crippen MR) is 112 cm³/mol. The van der Waals surface area contributed by atoms with Crippen LogP contribution in [0.2, 0.25) is 0 Å². The summed E-state index contributed by atoms with van der Waals surface area (Å²) in [6.07, 6.45) is 0.885. The van der Waals surface area contributed by atoms with Gasteiger partial charge in [0, 0.05) is 11.8 Å². The number of quaternary nitrogens is 1. The van der Waals surface area contributed by atoms with E-state index >= 15 is 0 Å². The molecule has 0 radical (unpaired) electrons. The average Bonchev–Trinajstić information content (AvgIpc) is 2.78. The second-order valence-corrected chi connectivity index (χ2v) is 7.38. The molecule has 0 bridgehead atoms. The minimum atomic E-state index is -0.303. The Kier molecular flexibility index (Phi) is 4.45. The third-order valence-corrected chi connectivity index (χ3v) is 5.65. The number of ether oxygens (including phenoxy) is 2. The Morgan fingerprint density at radius 2 is 1.76 bits per heavy atom. The second kappa shape index (κ2) is 7.26. The first-order valence-electron chi connectivity index (χ1n) is 9.80. The lowest BCUT2D eigenvalue weighted by Gasteiger charge is -2.26. The van der Waals surface area contributed by atoms with Gasteiger partial charge in [0.05, 0.1) is 24.6 Å². The minimum absolute atomic E-state index is 0.303. The number of para-hydroxylation sites is 1. The Hall–Kier alpha value is -3.31. The van der Waals surface area contributed by atoms with Crippen LogP contribution in [0.5, 0.6) is 11.5 Å². The first-order chi connectivity index (χ1) is 14.2. The number of fused-ring (bicyclic) bond motifs is 5. The molecule has 2 heterocycles. The third kappa shape index (κ3) is 3.13. The van der Waals surface area contributed by atoms with Gasteiger partial charge in [-0.25, -0.2) is 4.79 Å². The van der Waals surface area contributed by atoms with Crippen molar-refractivity contribution < 1.29 is 18.8 Å². The molecule has 146 valence electrons. The summed E-state index contributed by atoms with van der Waals surface area (Å²) >= 11 is 0. The lowest BCUT2D eigenvalue weighted by atomic mass is 10.0. The van der Waals surface area contributed by atoms with Crippen LogP contribution in [0.1, 0.15) is 11.1 Å². The van der Waals surface area contributed by atoms with E-state index < -0.39 is 0 Å². The summed E-state index contributed by atoms with van der Waals surface area (Å²) in [7, 11) is 1.70. The Bertz CT molecular complexity index is 1260. The van der Waals surface area contributed by atoms with E-state index in [0.717, 1.165) is 47.3 Å². The molecule has 0 fully saturated rings. The standard InChI is InChI=1S/C24H21NO4/c1-27-21-9-5-2-6-16(21)12-13-25-14-20-22(28-15-25)11-10-18-17-7-3-4-8-19(17)24(26)29-23(18)20/h2-11H,12-15H2,1H3/p+1. The van der Waals surface area contributed by atoms with E-state index in [1.807, 2.05) is 48.5 Å². The van der Waals surface area contributed by atoms with E-state index in [0.29, 0.717) is 17.7 Å². The lowest BCUT2D eigenvalue weighted by Crippen LogP contribution is -3.12. The van der Waals surface area contributed by atoms with E-state index in [1.165, 1.54) is 10.5 Å². The maximum Gasteiger partial charge on any atom is 0.344 e. The fourth-order valence-electron chi connectivity index (χ4n) is 4.15. The summed E-state index contributed by atoms with van der Waals surface area (Å²) in [4.78, 5) is 13.8. The summed E-state index contributed by atoms with van der Waals surface area (Å²) in [5, 5.41) is 2.48. The lowest BCUT2D eigenvalue weighted by molar-refractivity contribution is -0.932. The maximum absolute atomic E-state index is 12.5. The van der Waals surface area contributed by atoms with Crippen molar-refractivity contribution in [3.05, 3.63) is 82.2 Å². The Balaban J connectivity index is 1.48. The molecule has 0 aliphatic carbocycles.